The molecule has 0 aromatic carbocycles. The van der Waals surface area contributed by atoms with E-state index in [0.717, 1.165) is 10.8 Å². The molecule has 0 spiro atoms. The lowest BCUT2D eigenvalue weighted by Gasteiger charge is -2.10. The number of aromatic carboxylic acids is 1. The smallest absolute Gasteiger partial charge is 0.355 e. The summed E-state index contributed by atoms with van der Waals surface area (Å²) in [5, 5.41) is 8.78. The second-order valence-electron chi connectivity index (χ2n) is 4.00. The first-order valence-electron chi connectivity index (χ1n) is 5.31. The van der Waals surface area contributed by atoms with E-state index >= 15 is 0 Å². The highest BCUT2D eigenvalue weighted by Gasteiger charge is 2.28. The van der Waals surface area contributed by atoms with Crippen molar-refractivity contribution in [3.05, 3.63) is 17.7 Å². The summed E-state index contributed by atoms with van der Waals surface area (Å²) >= 11 is 0. The third-order valence-electron chi connectivity index (χ3n) is 2.55. The molecule has 0 bridgehead atoms. The van der Waals surface area contributed by atoms with Crippen LogP contribution in [0, 0.1) is 5.82 Å². The number of carboxylic acids is 1. The highest BCUT2D eigenvalue weighted by Crippen LogP contribution is 2.20. The van der Waals surface area contributed by atoms with Crippen LogP contribution in [0.25, 0.3) is 0 Å². The zero-order valence-electron chi connectivity index (χ0n) is 10.3. The van der Waals surface area contributed by atoms with Crippen LogP contribution in [0.1, 0.15) is 30.8 Å². The summed E-state index contributed by atoms with van der Waals surface area (Å²) in [6.07, 6.45) is 1.49. The topological polar surface area (TPSA) is 88.4 Å². The molecule has 0 amide bonds. The number of sulfonamides is 1. The Morgan fingerprint density at radius 1 is 1.61 bits per heavy atom. The molecule has 0 aliphatic heterocycles. The molecule has 6 nitrogen and oxygen atoms in total. The maximum atomic E-state index is 13.8. The van der Waals surface area contributed by atoms with Gasteiger partial charge in [-0.2, -0.15) is 0 Å². The van der Waals surface area contributed by atoms with Gasteiger partial charge in [-0.3, -0.25) is 0 Å². The van der Waals surface area contributed by atoms with E-state index in [1.165, 1.54) is 7.05 Å². The van der Waals surface area contributed by atoms with Crippen molar-refractivity contribution in [1.29, 1.82) is 0 Å². The van der Waals surface area contributed by atoms with E-state index in [4.69, 9.17) is 5.11 Å². The predicted molar refractivity (Wildman–Crippen MR) is 62.4 cm³/mol. The van der Waals surface area contributed by atoms with Crippen LogP contribution in [0.2, 0.25) is 0 Å². The maximum Gasteiger partial charge on any atom is 0.355 e. The van der Waals surface area contributed by atoms with Crippen LogP contribution in [0.4, 0.5) is 4.39 Å². The third kappa shape index (κ3) is 2.70. The van der Waals surface area contributed by atoms with Crippen LogP contribution in [-0.2, 0) is 17.1 Å². The SMILES string of the molecule is CC[C@@H](C)NS(=O)(=O)c1cn(C)c(C(=O)O)c1F. The number of nitrogens with zero attached hydrogens (tertiary/aromatic N) is 1. The summed E-state index contributed by atoms with van der Waals surface area (Å²) in [5.74, 6) is -2.76. The van der Waals surface area contributed by atoms with Crippen LogP contribution in [0.3, 0.4) is 0 Å². The molecule has 0 saturated carbocycles. The van der Waals surface area contributed by atoms with Crippen molar-refractivity contribution in [2.45, 2.75) is 31.2 Å². The number of halogens is 1. The standard InChI is InChI=1S/C10H15FN2O4S/c1-4-6(2)12-18(16,17)7-5-13(3)9(8(7)11)10(14)15/h5-6,12H,4H2,1-3H3,(H,14,15)/t6-/m1/s1. The zero-order valence-corrected chi connectivity index (χ0v) is 11.1. The lowest BCUT2D eigenvalue weighted by atomic mass is 10.3. The van der Waals surface area contributed by atoms with Gasteiger partial charge in [0.2, 0.25) is 10.0 Å². The monoisotopic (exact) mass is 278 g/mol. The number of carbonyl (C=O) groups is 1. The normalized spacial score (nSPS) is 13.6. The summed E-state index contributed by atoms with van der Waals surface area (Å²) in [4.78, 5) is 10.1. The van der Waals surface area contributed by atoms with Crippen molar-refractivity contribution in [2.24, 2.45) is 7.05 Å². The van der Waals surface area contributed by atoms with Gasteiger partial charge in [-0.25, -0.2) is 22.3 Å². The van der Waals surface area contributed by atoms with Gasteiger partial charge in [-0.15, -0.1) is 0 Å². The lowest BCUT2D eigenvalue weighted by Crippen LogP contribution is -2.32. The Bertz CT molecular complexity index is 565. The molecule has 0 aliphatic rings. The number of aromatic nitrogens is 1. The molecule has 0 unspecified atom stereocenters. The molecular formula is C10H15FN2O4S. The van der Waals surface area contributed by atoms with E-state index in [9.17, 15) is 17.6 Å². The van der Waals surface area contributed by atoms with Crippen LogP contribution >= 0.6 is 0 Å². The van der Waals surface area contributed by atoms with Gasteiger partial charge in [0.25, 0.3) is 0 Å². The average Bonchev–Trinajstić information content (AvgIpc) is 2.54. The van der Waals surface area contributed by atoms with E-state index in [1.807, 2.05) is 0 Å². The number of hydrogen-bond acceptors (Lipinski definition) is 3. The van der Waals surface area contributed by atoms with E-state index in [2.05, 4.69) is 4.72 Å². The predicted octanol–water partition coefficient (Wildman–Crippen LogP) is 0.939. The average molecular weight is 278 g/mol. The molecule has 102 valence electrons. The highest BCUT2D eigenvalue weighted by molar-refractivity contribution is 7.89. The molecule has 18 heavy (non-hydrogen) atoms. The van der Waals surface area contributed by atoms with Crippen molar-refractivity contribution in [1.82, 2.24) is 9.29 Å². The van der Waals surface area contributed by atoms with Crippen molar-refractivity contribution in [2.75, 3.05) is 0 Å². The number of hydrogen-bond donors (Lipinski definition) is 2. The number of rotatable bonds is 5. The fraction of sp³-hybridized carbons (Fsp3) is 0.500. The van der Waals surface area contributed by atoms with Crippen molar-refractivity contribution in [3.63, 3.8) is 0 Å². The molecule has 1 rings (SSSR count). The van der Waals surface area contributed by atoms with Gasteiger partial charge in [0.15, 0.2) is 11.5 Å². The molecule has 0 fully saturated rings. The first-order valence-corrected chi connectivity index (χ1v) is 6.79. The van der Waals surface area contributed by atoms with E-state index in [-0.39, 0.29) is 6.04 Å². The summed E-state index contributed by atoms with van der Waals surface area (Å²) in [6, 6.07) is -0.358. The summed E-state index contributed by atoms with van der Waals surface area (Å²) in [7, 11) is -2.77. The van der Waals surface area contributed by atoms with Gasteiger partial charge < -0.3 is 9.67 Å². The lowest BCUT2D eigenvalue weighted by molar-refractivity contribution is 0.0681. The Morgan fingerprint density at radius 2 is 2.17 bits per heavy atom. The van der Waals surface area contributed by atoms with Gasteiger partial charge >= 0.3 is 5.97 Å². The quantitative estimate of drug-likeness (QED) is 0.839. The number of carboxylic acid groups (broad SMARTS) is 1. The fourth-order valence-electron chi connectivity index (χ4n) is 1.41. The first-order chi connectivity index (χ1) is 8.20. The Balaban J connectivity index is 3.27. The molecule has 1 aromatic heterocycles. The van der Waals surface area contributed by atoms with Crippen LogP contribution in [0.5, 0.6) is 0 Å². The zero-order chi connectivity index (χ0) is 14.1. The molecule has 0 radical (unpaired) electrons. The van der Waals surface area contributed by atoms with Crippen molar-refractivity contribution < 1.29 is 22.7 Å². The largest absolute Gasteiger partial charge is 0.476 e. The molecule has 0 aliphatic carbocycles. The van der Waals surface area contributed by atoms with Gasteiger partial charge in [0.1, 0.15) is 4.90 Å². The number of aryl methyl sites for hydroxylation is 1. The molecule has 1 heterocycles. The van der Waals surface area contributed by atoms with E-state index < -0.39 is 32.4 Å². The second kappa shape index (κ2) is 5.07. The first kappa shape index (κ1) is 14.7. The molecule has 0 saturated heterocycles. The number of nitrogens with one attached hydrogen (secondary N) is 1. The third-order valence-corrected chi connectivity index (χ3v) is 4.12. The van der Waals surface area contributed by atoms with Crippen LogP contribution in [-0.4, -0.2) is 30.1 Å². The molecule has 8 heteroatoms. The van der Waals surface area contributed by atoms with Gasteiger partial charge in [-0.1, -0.05) is 6.92 Å². The minimum atomic E-state index is -4.05. The van der Waals surface area contributed by atoms with Crippen LogP contribution in [0.15, 0.2) is 11.1 Å². The molecular weight excluding hydrogens is 263 g/mol. The second-order valence-corrected chi connectivity index (χ2v) is 5.68. The Kier molecular flexibility index (Phi) is 4.12. The molecule has 1 aromatic rings. The summed E-state index contributed by atoms with van der Waals surface area (Å²) < 4.78 is 40.7. The van der Waals surface area contributed by atoms with E-state index in [0.29, 0.717) is 6.42 Å². The van der Waals surface area contributed by atoms with Gasteiger partial charge in [0.05, 0.1) is 0 Å². The van der Waals surface area contributed by atoms with Gasteiger partial charge in [-0.05, 0) is 13.3 Å². The summed E-state index contributed by atoms with van der Waals surface area (Å²) in [5.41, 5.74) is -0.681. The van der Waals surface area contributed by atoms with Gasteiger partial charge in [0, 0.05) is 19.3 Å². The highest BCUT2D eigenvalue weighted by atomic mass is 32.2. The minimum absolute atomic E-state index is 0.358. The van der Waals surface area contributed by atoms with Crippen LogP contribution < -0.4 is 4.72 Å². The minimum Gasteiger partial charge on any atom is -0.476 e. The summed E-state index contributed by atoms with van der Waals surface area (Å²) in [6.45, 7) is 3.41. The van der Waals surface area contributed by atoms with Crippen molar-refractivity contribution >= 4 is 16.0 Å². The van der Waals surface area contributed by atoms with E-state index in [1.54, 1.807) is 13.8 Å². The molecule has 1 atom stereocenters. The fourth-order valence-corrected chi connectivity index (χ4v) is 2.87. The Morgan fingerprint density at radius 3 is 2.56 bits per heavy atom. The molecule has 2 N–H and O–H groups in total. The maximum absolute atomic E-state index is 13.8. The van der Waals surface area contributed by atoms with Crippen molar-refractivity contribution in [3.8, 4) is 0 Å². The Labute approximate surface area is 104 Å². The Hall–Kier alpha value is -1.41.